The van der Waals surface area contributed by atoms with Crippen molar-refractivity contribution in [1.29, 1.82) is 0 Å². The molecule has 1 saturated heterocycles. The lowest BCUT2D eigenvalue weighted by molar-refractivity contribution is 0.0330. The van der Waals surface area contributed by atoms with E-state index >= 15 is 0 Å². The number of nitrogens with zero attached hydrogens (tertiary/aromatic N) is 4. The fraction of sp³-hybridized carbons (Fsp3) is 0.409. The number of morpholine rings is 1. The van der Waals surface area contributed by atoms with E-state index in [0.29, 0.717) is 0 Å². The van der Waals surface area contributed by atoms with Crippen LogP contribution in [0.3, 0.4) is 0 Å². The Morgan fingerprint density at radius 3 is 2.72 bits per heavy atom. The molecule has 1 aromatic carbocycles. The van der Waals surface area contributed by atoms with Crippen LogP contribution in [-0.4, -0.2) is 53.3 Å². The molecule has 1 fully saturated rings. The van der Waals surface area contributed by atoms with Crippen LogP contribution in [0.15, 0.2) is 35.5 Å². The van der Waals surface area contributed by atoms with E-state index in [1.165, 1.54) is 0 Å². The van der Waals surface area contributed by atoms with E-state index in [0.717, 1.165) is 82.9 Å². The number of pyridine rings is 1. The number of thioether (sulfide) groups is 1. The fourth-order valence-electron chi connectivity index (χ4n) is 3.59. The molecule has 152 valence electrons. The molecule has 0 N–H and O–H groups in total. The molecule has 3 aromatic rings. The quantitative estimate of drug-likeness (QED) is 0.453. The van der Waals surface area contributed by atoms with Gasteiger partial charge in [0.2, 0.25) is 0 Å². The Hall–Kier alpha value is -2.22. The second kappa shape index (κ2) is 9.07. The zero-order valence-corrected chi connectivity index (χ0v) is 18.0. The Bertz CT molecular complexity index is 1010. The van der Waals surface area contributed by atoms with E-state index in [1.54, 1.807) is 18.9 Å². The third-order valence-corrected chi connectivity index (χ3v) is 6.18. The van der Waals surface area contributed by atoms with Crippen molar-refractivity contribution in [2.45, 2.75) is 31.2 Å². The highest BCUT2D eigenvalue weighted by atomic mass is 32.2. The first kappa shape index (κ1) is 20.1. The van der Waals surface area contributed by atoms with Crippen LogP contribution in [0.1, 0.15) is 22.6 Å². The summed E-state index contributed by atoms with van der Waals surface area (Å²) in [6, 6.07) is 8.21. The molecule has 0 bridgehead atoms. The van der Waals surface area contributed by atoms with Gasteiger partial charge < -0.3 is 9.47 Å². The average Bonchev–Trinajstić information content (AvgIpc) is 2.74. The Balaban J connectivity index is 1.60. The number of hydrogen-bond donors (Lipinski definition) is 0. The minimum absolute atomic E-state index is 0.737. The SMILES string of the molecule is COc1c(C)cnc(CSc2nc(CN3CCOCC3)nc3ccccc23)c1C. The van der Waals surface area contributed by atoms with Gasteiger partial charge in [0.1, 0.15) is 16.6 Å². The zero-order chi connectivity index (χ0) is 20.2. The third-order valence-electron chi connectivity index (χ3n) is 5.18. The highest BCUT2D eigenvalue weighted by molar-refractivity contribution is 7.98. The summed E-state index contributed by atoms with van der Waals surface area (Å²) in [5.74, 6) is 2.51. The summed E-state index contributed by atoms with van der Waals surface area (Å²) in [4.78, 5) is 16.7. The van der Waals surface area contributed by atoms with Gasteiger partial charge in [-0.15, -0.1) is 0 Å². The van der Waals surface area contributed by atoms with Crippen LogP contribution >= 0.6 is 11.8 Å². The Kier molecular flexibility index (Phi) is 6.28. The van der Waals surface area contributed by atoms with Gasteiger partial charge in [0, 0.05) is 41.6 Å². The number of para-hydroxylation sites is 1. The molecule has 1 aliphatic heterocycles. The van der Waals surface area contributed by atoms with Crippen molar-refractivity contribution in [3.63, 3.8) is 0 Å². The van der Waals surface area contributed by atoms with Crippen LogP contribution in [-0.2, 0) is 17.0 Å². The molecule has 0 saturated carbocycles. The van der Waals surface area contributed by atoms with E-state index in [-0.39, 0.29) is 0 Å². The molecule has 0 amide bonds. The highest BCUT2D eigenvalue weighted by Gasteiger charge is 2.16. The molecule has 4 rings (SSSR count). The summed E-state index contributed by atoms with van der Waals surface area (Å²) in [6.45, 7) is 8.22. The van der Waals surface area contributed by atoms with Crippen LogP contribution in [0.4, 0.5) is 0 Å². The minimum atomic E-state index is 0.737. The molecule has 0 aliphatic carbocycles. The lowest BCUT2D eigenvalue weighted by atomic mass is 10.1. The Morgan fingerprint density at radius 1 is 1.14 bits per heavy atom. The minimum Gasteiger partial charge on any atom is -0.496 e. The first-order chi connectivity index (χ1) is 14.2. The lowest BCUT2D eigenvalue weighted by Crippen LogP contribution is -2.36. The average molecular weight is 411 g/mol. The number of aryl methyl sites for hydroxylation is 1. The summed E-state index contributed by atoms with van der Waals surface area (Å²) >= 11 is 1.71. The standard InChI is InChI=1S/C22H26N4O2S/c1-15-12-23-19(16(2)21(15)27-3)14-29-22-17-6-4-5-7-18(17)24-20(25-22)13-26-8-10-28-11-9-26/h4-7,12H,8-11,13-14H2,1-3H3. The maximum absolute atomic E-state index is 5.55. The van der Waals surface area contributed by atoms with Gasteiger partial charge in [-0.05, 0) is 19.9 Å². The first-order valence-electron chi connectivity index (χ1n) is 9.83. The molecule has 1 aliphatic rings. The Labute approximate surface area is 175 Å². The van der Waals surface area contributed by atoms with E-state index in [2.05, 4.69) is 28.9 Å². The van der Waals surface area contributed by atoms with Crippen molar-refractivity contribution >= 4 is 22.7 Å². The van der Waals surface area contributed by atoms with Crippen LogP contribution < -0.4 is 4.74 Å². The van der Waals surface area contributed by atoms with Gasteiger partial charge in [-0.2, -0.15) is 0 Å². The number of fused-ring (bicyclic) bond motifs is 1. The third kappa shape index (κ3) is 4.52. The van der Waals surface area contributed by atoms with E-state index in [4.69, 9.17) is 19.4 Å². The second-order valence-corrected chi connectivity index (χ2v) is 8.15. The van der Waals surface area contributed by atoms with Gasteiger partial charge in [-0.25, -0.2) is 9.97 Å². The van der Waals surface area contributed by atoms with Crippen molar-refractivity contribution in [2.75, 3.05) is 33.4 Å². The monoisotopic (exact) mass is 410 g/mol. The van der Waals surface area contributed by atoms with Gasteiger partial charge in [0.25, 0.3) is 0 Å². The smallest absolute Gasteiger partial charge is 0.144 e. The molecule has 3 heterocycles. The number of aromatic nitrogens is 3. The number of methoxy groups -OCH3 is 1. The van der Waals surface area contributed by atoms with Crippen molar-refractivity contribution in [3.05, 3.63) is 53.1 Å². The van der Waals surface area contributed by atoms with Crippen molar-refractivity contribution in [1.82, 2.24) is 19.9 Å². The zero-order valence-electron chi connectivity index (χ0n) is 17.1. The molecule has 0 unspecified atom stereocenters. The summed E-state index contributed by atoms with van der Waals surface area (Å²) in [7, 11) is 1.71. The van der Waals surface area contributed by atoms with Crippen molar-refractivity contribution < 1.29 is 9.47 Å². The number of rotatable bonds is 6. The first-order valence-corrected chi connectivity index (χ1v) is 10.8. The van der Waals surface area contributed by atoms with Crippen LogP contribution in [0.2, 0.25) is 0 Å². The highest BCUT2D eigenvalue weighted by Crippen LogP contribution is 2.31. The van der Waals surface area contributed by atoms with E-state index < -0.39 is 0 Å². The van der Waals surface area contributed by atoms with Gasteiger partial charge in [-0.1, -0.05) is 30.0 Å². The molecule has 0 atom stereocenters. The Morgan fingerprint density at radius 2 is 1.93 bits per heavy atom. The van der Waals surface area contributed by atoms with Gasteiger partial charge >= 0.3 is 0 Å². The summed E-state index contributed by atoms with van der Waals surface area (Å²) in [5.41, 5.74) is 4.15. The predicted molar refractivity (Wildman–Crippen MR) is 115 cm³/mol. The molecule has 7 heteroatoms. The second-order valence-electron chi connectivity index (χ2n) is 7.19. The molecule has 29 heavy (non-hydrogen) atoms. The van der Waals surface area contributed by atoms with Crippen LogP contribution in [0.5, 0.6) is 5.75 Å². The number of hydrogen-bond acceptors (Lipinski definition) is 7. The summed E-state index contributed by atoms with van der Waals surface area (Å²) in [6.07, 6.45) is 1.88. The summed E-state index contributed by atoms with van der Waals surface area (Å²) in [5, 5.41) is 2.08. The van der Waals surface area contributed by atoms with Crippen molar-refractivity contribution in [2.24, 2.45) is 0 Å². The maximum Gasteiger partial charge on any atom is 0.144 e. The summed E-state index contributed by atoms with van der Waals surface area (Å²) < 4.78 is 11.0. The van der Waals surface area contributed by atoms with Crippen molar-refractivity contribution in [3.8, 4) is 5.75 Å². The molecule has 6 nitrogen and oxygen atoms in total. The molecular formula is C22H26N4O2S. The van der Waals surface area contributed by atoms with Crippen LogP contribution in [0.25, 0.3) is 10.9 Å². The lowest BCUT2D eigenvalue weighted by Gasteiger charge is -2.25. The van der Waals surface area contributed by atoms with E-state index in [1.807, 2.05) is 25.3 Å². The molecule has 0 spiro atoms. The largest absolute Gasteiger partial charge is 0.496 e. The predicted octanol–water partition coefficient (Wildman–Crippen LogP) is 3.77. The number of ether oxygens (including phenoxy) is 2. The van der Waals surface area contributed by atoms with Gasteiger partial charge in [0.15, 0.2) is 0 Å². The molecule has 0 radical (unpaired) electrons. The normalized spacial score (nSPS) is 15.0. The molecular weight excluding hydrogens is 384 g/mol. The van der Waals surface area contributed by atoms with Gasteiger partial charge in [0.05, 0.1) is 38.1 Å². The van der Waals surface area contributed by atoms with Crippen LogP contribution in [0, 0.1) is 13.8 Å². The van der Waals surface area contributed by atoms with Gasteiger partial charge in [-0.3, -0.25) is 9.88 Å². The topological polar surface area (TPSA) is 60.4 Å². The van der Waals surface area contributed by atoms with E-state index in [9.17, 15) is 0 Å². The maximum atomic E-state index is 5.55. The fourth-order valence-corrected chi connectivity index (χ4v) is 4.65. The number of benzene rings is 1. The molecule has 2 aromatic heterocycles.